The number of fused-ring (bicyclic) bond motifs is 1. The van der Waals surface area contributed by atoms with Gasteiger partial charge in [0.2, 0.25) is 0 Å². The normalized spacial score (nSPS) is 23.6. The number of thiazole rings is 1. The molecule has 0 amide bonds. The third-order valence-electron chi connectivity index (χ3n) is 5.79. The number of aromatic nitrogens is 1. The van der Waals surface area contributed by atoms with E-state index in [-0.39, 0.29) is 0 Å². The zero-order valence-electron chi connectivity index (χ0n) is 15.5. The van der Waals surface area contributed by atoms with E-state index in [9.17, 15) is 8.42 Å². The zero-order valence-corrected chi connectivity index (χ0v) is 18.0. The van der Waals surface area contributed by atoms with Crippen LogP contribution in [-0.2, 0) is 10.0 Å². The van der Waals surface area contributed by atoms with Gasteiger partial charge in [0.05, 0.1) is 20.9 Å². The highest BCUT2D eigenvalue weighted by atomic mass is 32.2. The molecule has 2 fully saturated rings. The van der Waals surface area contributed by atoms with Crippen LogP contribution in [0, 0.1) is 0 Å². The van der Waals surface area contributed by atoms with Gasteiger partial charge in [-0.25, -0.2) is 13.4 Å². The Morgan fingerprint density at radius 2 is 1.93 bits per heavy atom. The monoisotopic (exact) mass is 433 g/mol. The Morgan fingerprint density at radius 3 is 2.68 bits per heavy atom. The molecule has 5 rings (SSSR count). The Labute approximate surface area is 173 Å². The fraction of sp³-hybridized carbons (Fsp3) is 0.450. The number of hydrogen-bond acceptors (Lipinski definition) is 6. The predicted octanol–water partition coefficient (Wildman–Crippen LogP) is 4.89. The predicted molar refractivity (Wildman–Crippen MR) is 116 cm³/mol. The number of anilines is 1. The molecule has 0 unspecified atom stereocenters. The molecule has 1 aliphatic carbocycles. The molecule has 2 aromatic heterocycles. The van der Waals surface area contributed by atoms with Gasteiger partial charge >= 0.3 is 0 Å². The molecule has 2 aliphatic rings. The molecule has 3 aromatic rings. The van der Waals surface area contributed by atoms with Crippen molar-refractivity contribution in [3.8, 4) is 0 Å². The third kappa shape index (κ3) is 3.58. The SMILES string of the molecule is O=S(=O)(Nc1ccc2nc([C@H]3C[C@@H](N4CCCCC4)C3)sc2c1)c1cccs1. The first-order valence-electron chi connectivity index (χ1n) is 9.79. The molecule has 8 heteroatoms. The summed E-state index contributed by atoms with van der Waals surface area (Å²) < 4.78 is 28.9. The Hall–Kier alpha value is -1.48. The second-order valence-corrected chi connectivity index (χ2v) is 11.6. The fourth-order valence-electron chi connectivity index (χ4n) is 4.17. The van der Waals surface area contributed by atoms with E-state index in [0.29, 0.717) is 15.8 Å². The van der Waals surface area contributed by atoms with Gasteiger partial charge in [-0.2, -0.15) is 0 Å². The van der Waals surface area contributed by atoms with Gasteiger partial charge in [0.15, 0.2) is 0 Å². The van der Waals surface area contributed by atoms with Crippen LogP contribution in [0.15, 0.2) is 39.9 Å². The van der Waals surface area contributed by atoms with Gasteiger partial charge in [-0.3, -0.25) is 4.72 Å². The number of benzene rings is 1. The molecule has 28 heavy (non-hydrogen) atoms. The van der Waals surface area contributed by atoms with Crippen LogP contribution in [0.2, 0.25) is 0 Å². The van der Waals surface area contributed by atoms with Crippen LogP contribution < -0.4 is 4.72 Å². The van der Waals surface area contributed by atoms with Crippen molar-refractivity contribution in [1.82, 2.24) is 9.88 Å². The van der Waals surface area contributed by atoms with E-state index < -0.39 is 10.0 Å². The van der Waals surface area contributed by atoms with Crippen LogP contribution in [0.4, 0.5) is 5.69 Å². The number of likely N-dealkylation sites (tertiary alicyclic amines) is 1. The highest BCUT2D eigenvalue weighted by Crippen LogP contribution is 2.43. The average Bonchev–Trinajstić information content (AvgIpc) is 3.31. The van der Waals surface area contributed by atoms with Gasteiger partial charge < -0.3 is 4.90 Å². The largest absolute Gasteiger partial charge is 0.300 e. The minimum Gasteiger partial charge on any atom is -0.300 e. The standard InChI is InChI=1S/C20H23N3O2S3/c24-28(25,19-5-4-10-26-19)22-15-6-7-17-18(13-15)27-20(21-17)14-11-16(12-14)23-8-2-1-3-9-23/h4-7,10,13-14,16,22H,1-3,8-9,11-12H2/t14-,16+. The molecule has 1 saturated heterocycles. The Bertz CT molecular complexity index is 1060. The van der Waals surface area contributed by atoms with Crippen molar-refractivity contribution >= 4 is 48.6 Å². The van der Waals surface area contributed by atoms with Crippen molar-refractivity contribution in [2.75, 3.05) is 17.8 Å². The topological polar surface area (TPSA) is 62.3 Å². The highest BCUT2D eigenvalue weighted by molar-refractivity contribution is 7.94. The summed E-state index contributed by atoms with van der Waals surface area (Å²) in [5.41, 5.74) is 1.55. The Kier molecular flexibility index (Phi) is 4.90. The van der Waals surface area contributed by atoms with Gasteiger partial charge in [0.1, 0.15) is 4.21 Å². The van der Waals surface area contributed by atoms with E-state index >= 15 is 0 Å². The summed E-state index contributed by atoms with van der Waals surface area (Å²) in [6.07, 6.45) is 6.47. The Morgan fingerprint density at radius 1 is 1.11 bits per heavy atom. The van der Waals surface area contributed by atoms with E-state index in [0.717, 1.165) is 16.3 Å². The van der Waals surface area contributed by atoms with Crippen molar-refractivity contribution in [3.63, 3.8) is 0 Å². The zero-order chi connectivity index (χ0) is 19.1. The average molecular weight is 434 g/mol. The maximum absolute atomic E-state index is 12.4. The van der Waals surface area contributed by atoms with Crippen LogP contribution in [-0.4, -0.2) is 37.4 Å². The smallest absolute Gasteiger partial charge is 0.271 e. The lowest BCUT2D eigenvalue weighted by molar-refractivity contribution is 0.0888. The first-order chi connectivity index (χ1) is 13.6. The molecule has 1 aromatic carbocycles. The van der Waals surface area contributed by atoms with Crippen molar-refractivity contribution in [2.45, 2.75) is 48.3 Å². The molecule has 0 atom stereocenters. The van der Waals surface area contributed by atoms with Crippen LogP contribution in [0.25, 0.3) is 10.2 Å². The first-order valence-corrected chi connectivity index (χ1v) is 13.0. The number of rotatable bonds is 5. The van der Waals surface area contributed by atoms with Crippen LogP contribution in [0.3, 0.4) is 0 Å². The Balaban J connectivity index is 1.29. The van der Waals surface area contributed by atoms with E-state index in [1.165, 1.54) is 61.5 Å². The van der Waals surface area contributed by atoms with Gasteiger partial charge in [-0.15, -0.1) is 22.7 Å². The summed E-state index contributed by atoms with van der Waals surface area (Å²) in [7, 11) is -3.51. The number of piperidine rings is 1. The van der Waals surface area contributed by atoms with E-state index in [2.05, 4.69) is 9.62 Å². The highest BCUT2D eigenvalue weighted by Gasteiger charge is 2.36. The van der Waals surface area contributed by atoms with Crippen LogP contribution in [0.5, 0.6) is 0 Å². The summed E-state index contributed by atoms with van der Waals surface area (Å²) in [5, 5.41) is 2.96. The number of thiophene rings is 1. The lowest BCUT2D eigenvalue weighted by Crippen LogP contribution is -2.46. The lowest BCUT2D eigenvalue weighted by atomic mass is 9.79. The summed E-state index contributed by atoms with van der Waals surface area (Å²) in [6, 6.07) is 9.71. The summed E-state index contributed by atoms with van der Waals surface area (Å²) in [6.45, 7) is 2.51. The molecule has 148 valence electrons. The van der Waals surface area contributed by atoms with E-state index in [4.69, 9.17) is 4.98 Å². The minimum atomic E-state index is -3.51. The first kappa shape index (κ1) is 18.5. The molecule has 1 saturated carbocycles. The van der Waals surface area contributed by atoms with Gasteiger partial charge in [-0.05, 0) is 68.4 Å². The summed E-state index contributed by atoms with van der Waals surface area (Å²) in [4.78, 5) is 7.48. The molecule has 0 radical (unpaired) electrons. The molecule has 0 spiro atoms. The second kappa shape index (κ2) is 7.40. The van der Waals surface area contributed by atoms with Gasteiger partial charge in [0.25, 0.3) is 10.0 Å². The van der Waals surface area contributed by atoms with Crippen LogP contribution in [0.1, 0.15) is 43.0 Å². The van der Waals surface area contributed by atoms with Gasteiger partial charge in [0, 0.05) is 12.0 Å². The molecule has 1 N–H and O–H groups in total. The quantitative estimate of drug-likeness (QED) is 0.622. The molecular weight excluding hydrogens is 410 g/mol. The van der Waals surface area contributed by atoms with E-state index in [1.54, 1.807) is 34.9 Å². The van der Waals surface area contributed by atoms with Crippen molar-refractivity contribution in [1.29, 1.82) is 0 Å². The lowest BCUT2D eigenvalue weighted by Gasteiger charge is -2.43. The van der Waals surface area contributed by atoms with E-state index in [1.807, 2.05) is 12.1 Å². The van der Waals surface area contributed by atoms with Crippen LogP contribution >= 0.6 is 22.7 Å². The van der Waals surface area contributed by atoms with Gasteiger partial charge in [-0.1, -0.05) is 12.5 Å². The maximum atomic E-state index is 12.4. The maximum Gasteiger partial charge on any atom is 0.271 e. The minimum absolute atomic E-state index is 0.329. The second-order valence-electron chi connectivity index (χ2n) is 7.69. The molecule has 0 bridgehead atoms. The number of nitrogens with one attached hydrogen (secondary N) is 1. The van der Waals surface area contributed by atoms with Crippen molar-refractivity contribution in [3.05, 3.63) is 40.7 Å². The number of nitrogens with zero attached hydrogens (tertiary/aromatic N) is 2. The van der Waals surface area contributed by atoms with Crippen molar-refractivity contribution < 1.29 is 8.42 Å². The summed E-state index contributed by atoms with van der Waals surface area (Å²) in [5.74, 6) is 0.551. The third-order valence-corrected chi connectivity index (χ3v) is 9.75. The summed E-state index contributed by atoms with van der Waals surface area (Å²) >= 11 is 2.92. The molecule has 1 aliphatic heterocycles. The fourth-order valence-corrected chi connectivity index (χ4v) is 7.35. The number of sulfonamides is 1. The van der Waals surface area contributed by atoms with Crippen molar-refractivity contribution in [2.24, 2.45) is 0 Å². The molecule has 3 heterocycles. The molecular formula is C20H23N3O2S3. The molecule has 5 nitrogen and oxygen atoms in total. The number of hydrogen-bond donors (Lipinski definition) is 1.